The van der Waals surface area contributed by atoms with Crippen molar-refractivity contribution >= 4 is 38.5 Å². The average molecular weight is 581 g/mol. The standard InChI is InChI=1S/C27H26BrFN6O3/c1-15(36)27-21-8-17(18-11-30-16(2)31-12-18)6-7-22(21)35(33-27)14-26(38)34-13-19(29)9-23(34)24(37)10-20-4-3-5-25(28)32-20/h3-8,11-12,19,23-24,37H,9-10,13-14H2,1-2H3/t19-,23?,24?/m1/s1. The van der Waals surface area contributed by atoms with Gasteiger partial charge in [0.05, 0.1) is 24.2 Å². The number of Topliss-reactive ketones (excluding diaryl/α,β-unsaturated/α-hetero) is 1. The van der Waals surface area contributed by atoms with Crippen LogP contribution in [0.25, 0.3) is 22.0 Å². The summed E-state index contributed by atoms with van der Waals surface area (Å²) in [5.74, 6) is 0.0320. The van der Waals surface area contributed by atoms with Crippen molar-refractivity contribution in [3.8, 4) is 11.1 Å². The zero-order valence-electron chi connectivity index (χ0n) is 20.9. The van der Waals surface area contributed by atoms with Gasteiger partial charge in [0.15, 0.2) is 5.78 Å². The van der Waals surface area contributed by atoms with Crippen molar-refractivity contribution in [1.82, 2.24) is 29.6 Å². The molecule has 2 unspecified atom stereocenters. The molecule has 3 atom stereocenters. The first-order valence-corrected chi connectivity index (χ1v) is 13.0. The summed E-state index contributed by atoms with van der Waals surface area (Å²) in [4.78, 5) is 40.0. The fourth-order valence-corrected chi connectivity index (χ4v) is 5.26. The van der Waals surface area contributed by atoms with E-state index < -0.39 is 18.3 Å². The van der Waals surface area contributed by atoms with Crippen LogP contribution in [0.4, 0.5) is 4.39 Å². The predicted octanol–water partition coefficient (Wildman–Crippen LogP) is 3.70. The van der Waals surface area contributed by atoms with Crippen molar-refractivity contribution in [1.29, 1.82) is 0 Å². The van der Waals surface area contributed by atoms with Crippen LogP contribution in [0.15, 0.2) is 53.4 Å². The summed E-state index contributed by atoms with van der Waals surface area (Å²) in [6.45, 7) is 2.92. The van der Waals surface area contributed by atoms with Gasteiger partial charge in [0.1, 0.15) is 28.8 Å². The average Bonchev–Trinajstić information content (AvgIpc) is 3.45. The molecule has 0 aliphatic carbocycles. The highest BCUT2D eigenvalue weighted by atomic mass is 79.9. The maximum absolute atomic E-state index is 14.5. The number of alkyl halides is 1. The van der Waals surface area contributed by atoms with Crippen LogP contribution in [0.3, 0.4) is 0 Å². The second-order valence-corrected chi connectivity index (χ2v) is 10.3. The Morgan fingerprint density at radius 2 is 1.95 bits per heavy atom. The van der Waals surface area contributed by atoms with Gasteiger partial charge >= 0.3 is 0 Å². The van der Waals surface area contributed by atoms with Gasteiger partial charge < -0.3 is 10.0 Å². The number of halogens is 2. The van der Waals surface area contributed by atoms with Gasteiger partial charge in [-0.25, -0.2) is 19.3 Å². The Kier molecular flexibility index (Phi) is 7.31. The van der Waals surface area contributed by atoms with Crippen molar-refractivity contribution in [2.24, 2.45) is 0 Å². The van der Waals surface area contributed by atoms with Gasteiger partial charge in [-0.2, -0.15) is 5.10 Å². The van der Waals surface area contributed by atoms with E-state index in [2.05, 4.69) is 36.0 Å². The normalized spacial score (nSPS) is 18.2. The Hall–Kier alpha value is -3.57. The Morgan fingerprint density at radius 1 is 1.18 bits per heavy atom. The minimum atomic E-state index is -1.24. The minimum Gasteiger partial charge on any atom is -0.391 e. The summed E-state index contributed by atoms with van der Waals surface area (Å²) in [6.07, 6.45) is 1.42. The van der Waals surface area contributed by atoms with E-state index in [1.165, 1.54) is 16.5 Å². The summed E-state index contributed by atoms with van der Waals surface area (Å²) in [5, 5.41) is 15.9. The van der Waals surface area contributed by atoms with Crippen molar-refractivity contribution in [2.75, 3.05) is 6.54 Å². The van der Waals surface area contributed by atoms with E-state index in [4.69, 9.17) is 0 Å². The summed E-state index contributed by atoms with van der Waals surface area (Å²) in [7, 11) is 0. The van der Waals surface area contributed by atoms with Crippen molar-refractivity contribution < 1.29 is 19.1 Å². The van der Waals surface area contributed by atoms with Crippen LogP contribution in [0.2, 0.25) is 0 Å². The van der Waals surface area contributed by atoms with Crippen molar-refractivity contribution in [3.05, 3.63) is 70.6 Å². The molecule has 1 fully saturated rings. The third-order valence-corrected chi connectivity index (χ3v) is 7.17. The monoisotopic (exact) mass is 580 g/mol. The number of nitrogens with zero attached hydrogens (tertiary/aromatic N) is 6. The largest absolute Gasteiger partial charge is 0.391 e. The molecule has 1 saturated heterocycles. The van der Waals surface area contributed by atoms with Crippen molar-refractivity contribution in [2.45, 2.75) is 51.6 Å². The number of pyridine rings is 1. The lowest BCUT2D eigenvalue weighted by Gasteiger charge is -2.28. The van der Waals surface area contributed by atoms with E-state index in [1.807, 2.05) is 12.1 Å². The van der Waals surface area contributed by atoms with Gasteiger partial charge in [-0.3, -0.25) is 14.3 Å². The molecule has 4 aromatic rings. The Balaban J connectivity index is 1.40. The Labute approximate surface area is 226 Å². The number of rotatable bonds is 7. The lowest BCUT2D eigenvalue weighted by molar-refractivity contribution is -0.135. The van der Waals surface area contributed by atoms with E-state index >= 15 is 0 Å². The molecule has 196 valence electrons. The summed E-state index contributed by atoms with van der Waals surface area (Å²) in [6, 6.07) is 10.2. The summed E-state index contributed by atoms with van der Waals surface area (Å²) >= 11 is 3.31. The molecular formula is C27H26BrFN6O3. The first-order chi connectivity index (χ1) is 18.2. The second-order valence-electron chi connectivity index (χ2n) is 9.48. The molecule has 9 nitrogen and oxygen atoms in total. The number of aryl methyl sites for hydroxylation is 1. The smallest absolute Gasteiger partial charge is 0.244 e. The highest BCUT2D eigenvalue weighted by Gasteiger charge is 2.39. The molecule has 0 spiro atoms. The van der Waals surface area contributed by atoms with Crippen LogP contribution in [-0.4, -0.2) is 71.3 Å². The van der Waals surface area contributed by atoms with Gasteiger partial charge in [-0.05, 0) is 52.7 Å². The zero-order valence-corrected chi connectivity index (χ0v) is 22.5. The predicted molar refractivity (Wildman–Crippen MR) is 142 cm³/mol. The quantitative estimate of drug-likeness (QED) is 0.262. The Morgan fingerprint density at radius 3 is 2.66 bits per heavy atom. The van der Waals surface area contributed by atoms with E-state index in [1.54, 1.807) is 43.6 Å². The van der Waals surface area contributed by atoms with Gasteiger partial charge in [0.25, 0.3) is 0 Å². The number of benzene rings is 1. The third kappa shape index (κ3) is 5.34. The second kappa shape index (κ2) is 10.7. The van der Waals surface area contributed by atoms with Crippen LogP contribution in [0.1, 0.15) is 35.4 Å². The van der Waals surface area contributed by atoms with E-state index in [9.17, 15) is 19.1 Å². The highest BCUT2D eigenvalue weighted by Crippen LogP contribution is 2.28. The first-order valence-electron chi connectivity index (χ1n) is 12.2. The lowest BCUT2D eigenvalue weighted by Crippen LogP contribution is -2.45. The molecule has 0 radical (unpaired) electrons. The summed E-state index contributed by atoms with van der Waals surface area (Å²) < 4.78 is 16.6. The fourth-order valence-electron chi connectivity index (χ4n) is 4.88. The third-order valence-electron chi connectivity index (χ3n) is 6.73. The molecular weight excluding hydrogens is 555 g/mol. The number of fused-ring (bicyclic) bond motifs is 1. The van der Waals surface area contributed by atoms with Crippen LogP contribution in [-0.2, 0) is 17.8 Å². The molecule has 3 aromatic heterocycles. The molecule has 1 aromatic carbocycles. The maximum atomic E-state index is 14.5. The molecule has 1 N–H and O–H groups in total. The molecule has 1 aliphatic heterocycles. The van der Waals surface area contributed by atoms with Crippen LogP contribution in [0, 0.1) is 6.92 Å². The van der Waals surface area contributed by atoms with E-state index in [0.717, 1.165) is 11.1 Å². The van der Waals surface area contributed by atoms with Crippen LogP contribution in [0.5, 0.6) is 0 Å². The number of amides is 1. The van der Waals surface area contributed by atoms with Gasteiger partial charge in [-0.1, -0.05) is 12.1 Å². The maximum Gasteiger partial charge on any atom is 0.244 e. The molecule has 0 bridgehead atoms. The number of aliphatic hydroxyl groups excluding tert-OH is 1. The Bertz CT molecular complexity index is 1510. The van der Waals surface area contributed by atoms with Crippen LogP contribution < -0.4 is 0 Å². The minimum absolute atomic E-state index is 0.0431. The molecule has 1 aliphatic rings. The van der Waals surface area contributed by atoms with Crippen LogP contribution >= 0.6 is 15.9 Å². The molecule has 1 amide bonds. The number of ketones is 1. The molecule has 4 heterocycles. The fraction of sp³-hybridized carbons (Fsp3) is 0.333. The zero-order chi connectivity index (χ0) is 27.0. The molecule has 0 saturated carbocycles. The number of hydrogen-bond donors (Lipinski definition) is 1. The molecule has 11 heteroatoms. The number of aromatic nitrogens is 5. The van der Waals surface area contributed by atoms with Gasteiger partial charge in [-0.15, -0.1) is 0 Å². The number of hydrogen-bond acceptors (Lipinski definition) is 7. The van der Waals surface area contributed by atoms with E-state index in [-0.39, 0.29) is 43.3 Å². The molecule has 5 rings (SSSR count). The first kappa shape index (κ1) is 26.1. The number of likely N-dealkylation sites (tertiary alicyclic amines) is 1. The van der Waals surface area contributed by atoms with Crippen molar-refractivity contribution in [3.63, 3.8) is 0 Å². The SMILES string of the molecule is CC(=O)c1nn(CC(=O)N2C[C@H](F)CC2C(O)Cc2cccc(Br)n2)c2ccc(-c3cnc(C)nc3)cc12. The number of carbonyl (C=O) groups is 2. The van der Waals surface area contributed by atoms with Gasteiger partial charge in [0, 0.05) is 48.8 Å². The number of aliphatic hydroxyl groups is 1. The highest BCUT2D eigenvalue weighted by molar-refractivity contribution is 9.10. The topological polar surface area (TPSA) is 114 Å². The lowest BCUT2D eigenvalue weighted by atomic mass is 10.0. The molecule has 38 heavy (non-hydrogen) atoms. The van der Waals surface area contributed by atoms with E-state index in [0.29, 0.717) is 27.0 Å². The summed E-state index contributed by atoms with van der Waals surface area (Å²) in [5.41, 5.74) is 3.09. The number of carbonyl (C=O) groups excluding carboxylic acids is 2. The van der Waals surface area contributed by atoms with Gasteiger partial charge in [0.2, 0.25) is 5.91 Å².